The van der Waals surface area contributed by atoms with E-state index in [9.17, 15) is 0 Å². The number of aromatic nitrogens is 2. The molecule has 0 amide bonds. The van der Waals surface area contributed by atoms with Gasteiger partial charge in [-0.3, -0.25) is 4.98 Å². The van der Waals surface area contributed by atoms with Crippen molar-refractivity contribution in [2.24, 2.45) is 0 Å². The quantitative estimate of drug-likeness (QED) is 0.208. The van der Waals surface area contributed by atoms with Crippen molar-refractivity contribution in [1.82, 2.24) is 20.2 Å². The standard InChI is InChI=1S/C27H36N6OS/c1-3-33(4-2)15-14-29-19-20(18-28)25-16-23(12-13-30-25)34-22-10-11-24-26(17-22)35-27(32-24)31-21-8-6-5-7-9-21/h10-13,16-19,21,28-29H,3-9,14-15H2,1-2H3,(H,31,32)/b20-19+,28-18?. The summed E-state index contributed by atoms with van der Waals surface area (Å²) in [6.45, 7) is 8.18. The number of hydrogen-bond donors (Lipinski definition) is 3. The van der Waals surface area contributed by atoms with Crippen LogP contribution in [-0.4, -0.2) is 53.3 Å². The SMILES string of the molecule is CCN(CC)CCN/C=C(\C=N)c1cc(Oc2ccc3nc(NC4CCCCC4)sc3c2)ccn1. The van der Waals surface area contributed by atoms with Crippen LogP contribution in [-0.2, 0) is 0 Å². The lowest BCUT2D eigenvalue weighted by Gasteiger charge is -2.22. The predicted molar refractivity (Wildman–Crippen MR) is 147 cm³/mol. The number of allylic oxidation sites excluding steroid dienone is 1. The molecular formula is C27H36N6OS. The second kappa shape index (κ2) is 12.7. The van der Waals surface area contributed by atoms with Crippen molar-refractivity contribution in [3.8, 4) is 11.5 Å². The molecule has 0 radical (unpaired) electrons. The van der Waals surface area contributed by atoms with Crippen molar-refractivity contribution in [2.45, 2.75) is 52.0 Å². The van der Waals surface area contributed by atoms with Crippen LogP contribution in [0.2, 0.25) is 0 Å². The first-order chi connectivity index (χ1) is 17.2. The first-order valence-corrected chi connectivity index (χ1v) is 13.5. The topological polar surface area (TPSA) is 86.2 Å². The Morgan fingerprint density at radius 1 is 1.14 bits per heavy atom. The van der Waals surface area contributed by atoms with E-state index in [4.69, 9.17) is 15.1 Å². The Bertz CT molecular complexity index is 1130. The van der Waals surface area contributed by atoms with Crippen LogP contribution < -0.4 is 15.4 Å². The number of pyridine rings is 1. The van der Waals surface area contributed by atoms with Crippen LogP contribution >= 0.6 is 11.3 Å². The van der Waals surface area contributed by atoms with E-state index in [1.165, 1.54) is 38.3 Å². The van der Waals surface area contributed by atoms with Gasteiger partial charge in [0.25, 0.3) is 0 Å². The Labute approximate surface area is 212 Å². The number of anilines is 1. The average molecular weight is 493 g/mol. The maximum Gasteiger partial charge on any atom is 0.184 e. The lowest BCUT2D eigenvalue weighted by atomic mass is 9.96. The lowest BCUT2D eigenvalue weighted by molar-refractivity contribution is 0.307. The molecule has 2 aromatic heterocycles. The zero-order valence-corrected chi connectivity index (χ0v) is 21.5. The van der Waals surface area contributed by atoms with Crippen LogP contribution in [0, 0.1) is 5.41 Å². The molecule has 4 rings (SSSR count). The van der Waals surface area contributed by atoms with Crippen molar-refractivity contribution >= 4 is 38.5 Å². The molecule has 0 atom stereocenters. The summed E-state index contributed by atoms with van der Waals surface area (Å²) in [5, 5.41) is 15.7. The van der Waals surface area contributed by atoms with E-state index in [2.05, 4.69) is 34.4 Å². The summed E-state index contributed by atoms with van der Waals surface area (Å²) in [5.74, 6) is 1.45. The maximum atomic E-state index is 7.83. The van der Waals surface area contributed by atoms with Gasteiger partial charge in [0, 0.05) is 55.4 Å². The average Bonchev–Trinajstić information content (AvgIpc) is 3.28. The van der Waals surface area contributed by atoms with E-state index in [0.717, 1.165) is 47.3 Å². The summed E-state index contributed by atoms with van der Waals surface area (Å²) < 4.78 is 7.26. The van der Waals surface area contributed by atoms with Gasteiger partial charge in [0.1, 0.15) is 11.5 Å². The van der Waals surface area contributed by atoms with Crippen molar-refractivity contribution in [1.29, 1.82) is 5.41 Å². The number of hydrogen-bond acceptors (Lipinski definition) is 8. The van der Waals surface area contributed by atoms with Crippen LogP contribution in [0.25, 0.3) is 15.8 Å². The molecule has 1 aromatic carbocycles. The second-order valence-electron chi connectivity index (χ2n) is 8.83. The second-order valence-corrected chi connectivity index (χ2v) is 9.86. The first kappa shape index (κ1) is 25.1. The molecule has 1 saturated carbocycles. The van der Waals surface area contributed by atoms with E-state index in [1.54, 1.807) is 17.5 Å². The first-order valence-electron chi connectivity index (χ1n) is 12.7. The molecule has 3 aromatic rings. The van der Waals surface area contributed by atoms with Gasteiger partial charge in [-0.1, -0.05) is 44.4 Å². The normalized spacial score (nSPS) is 14.9. The van der Waals surface area contributed by atoms with Crippen molar-refractivity contribution < 1.29 is 4.74 Å². The zero-order chi connectivity index (χ0) is 24.5. The minimum atomic E-state index is 0.540. The van der Waals surface area contributed by atoms with Gasteiger partial charge in [-0.25, -0.2) is 4.98 Å². The minimum absolute atomic E-state index is 0.540. The molecule has 0 saturated heterocycles. The summed E-state index contributed by atoms with van der Waals surface area (Å²) in [7, 11) is 0. The van der Waals surface area contributed by atoms with Crippen LogP contribution in [0.3, 0.4) is 0 Å². The van der Waals surface area contributed by atoms with Crippen LogP contribution in [0.15, 0.2) is 42.7 Å². The Balaban J connectivity index is 1.40. The van der Waals surface area contributed by atoms with E-state index in [-0.39, 0.29) is 0 Å². The van der Waals surface area contributed by atoms with Gasteiger partial charge in [0.2, 0.25) is 0 Å². The minimum Gasteiger partial charge on any atom is -0.457 e. The van der Waals surface area contributed by atoms with Crippen LogP contribution in [0.4, 0.5) is 5.13 Å². The van der Waals surface area contributed by atoms with Crippen LogP contribution in [0.1, 0.15) is 51.6 Å². The lowest BCUT2D eigenvalue weighted by Crippen LogP contribution is -2.30. The number of ether oxygens (including phenoxy) is 1. The van der Waals surface area contributed by atoms with E-state index < -0.39 is 0 Å². The highest BCUT2D eigenvalue weighted by atomic mass is 32.1. The molecule has 0 spiro atoms. The molecule has 186 valence electrons. The Hall–Kier alpha value is -2.97. The fraction of sp³-hybridized carbons (Fsp3) is 0.444. The summed E-state index contributed by atoms with van der Waals surface area (Å²) >= 11 is 1.68. The monoisotopic (exact) mass is 492 g/mol. The highest BCUT2D eigenvalue weighted by molar-refractivity contribution is 7.22. The summed E-state index contributed by atoms with van der Waals surface area (Å²) in [5.41, 5.74) is 2.40. The third-order valence-corrected chi connectivity index (χ3v) is 7.38. The molecule has 2 heterocycles. The Morgan fingerprint density at radius 2 is 1.94 bits per heavy atom. The number of rotatable bonds is 12. The van der Waals surface area contributed by atoms with Crippen molar-refractivity contribution in [2.75, 3.05) is 31.5 Å². The molecule has 1 aliphatic rings. The van der Waals surface area contributed by atoms with Crippen molar-refractivity contribution in [3.05, 3.63) is 48.4 Å². The molecule has 8 heteroatoms. The van der Waals surface area contributed by atoms with E-state index >= 15 is 0 Å². The third-order valence-electron chi connectivity index (χ3n) is 6.44. The third kappa shape index (κ3) is 7.02. The molecule has 1 aliphatic carbocycles. The molecule has 35 heavy (non-hydrogen) atoms. The number of benzene rings is 1. The molecule has 3 N–H and O–H groups in total. The Morgan fingerprint density at radius 3 is 2.71 bits per heavy atom. The van der Waals surface area contributed by atoms with Crippen molar-refractivity contribution in [3.63, 3.8) is 0 Å². The molecule has 0 bridgehead atoms. The zero-order valence-electron chi connectivity index (χ0n) is 20.7. The number of thiazole rings is 1. The number of likely N-dealkylation sites (N-methyl/N-ethyl adjacent to an activating group) is 1. The highest BCUT2D eigenvalue weighted by Gasteiger charge is 2.15. The van der Waals surface area contributed by atoms with Gasteiger partial charge >= 0.3 is 0 Å². The molecule has 1 fully saturated rings. The summed E-state index contributed by atoms with van der Waals surface area (Å²) in [6, 6.07) is 10.3. The van der Waals surface area contributed by atoms with E-state index in [0.29, 0.717) is 23.1 Å². The Kier molecular flexibility index (Phi) is 9.08. The van der Waals surface area contributed by atoms with Gasteiger partial charge in [-0.15, -0.1) is 0 Å². The van der Waals surface area contributed by atoms with E-state index in [1.807, 2.05) is 36.5 Å². The van der Waals surface area contributed by atoms with Crippen LogP contribution in [0.5, 0.6) is 11.5 Å². The number of nitrogens with zero attached hydrogens (tertiary/aromatic N) is 3. The summed E-state index contributed by atoms with van der Waals surface area (Å²) in [4.78, 5) is 11.6. The number of nitrogens with one attached hydrogen (secondary N) is 3. The van der Waals surface area contributed by atoms with Gasteiger partial charge in [-0.05, 0) is 44.1 Å². The van der Waals surface area contributed by atoms with Gasteiger partial charge in [-0.2, -0.15) is 0 Å². The fourth-order valence-electron chi connectivity index (χ4n) is 4.35. The summed E-state index contributed by atoms with van der Waals surface area (Å²) in [6.07, 6.45) is 11.3. The smallest absolute Gasteiger partial charge is 0.184 e. The molecule has 7 nitrogen and oxygen atoms in total. The van der Waals surface area contributed by atoms with Gasteiger partial charge in [0.05, 0.1) is 15.9 Å². The molecule has 0 unspecified atom stereocenters. The molecule has 0 aliphatic heterocycles. The maximum absolute atomic E-state index is 7.83. The van der Waals surface area contributed by atoms with Gasteiger partial charge in [0.15, 0.2) is 5.13 Å². The largest absolute Gasteiger partial charge is 0.457 e. The predicted octanol–water partition coefficient (Wildman–Crippen LogP) is 6.15. The molecular weight excluding hydrogens is 456 g/mol. The van der Waals surface area contributed by atoms with Gasteiger partial charge < -0.3 is 25.7 Å². The fourth-order valence-corrected chi connectivity index (χ4v) is 5.33. The highest BCUT2D eigenvalue weighted by Crippen LogP contribution is 2.33. The number of fused-ring (bicyclic) bond motifs is 1.